The molecule has 0 spiro atoms. The maximum atomic E-state index is 11.9. The van der Waals surface area contributed by atoms with E-state index in [-0.39, 0.29) is 32.4 Å². The van der Waals surface area contributed by atoms with Crippen molar-refractivity contribution in [2.24, 2.45) is 5.73 Å². The Labute approximate surface area is 202 Å². The fourth-order valence-electron chi connectivity index (χ4n) is 3.63. The molecular weight excluding hydrogens is 468 g/mol. The molecule has 2 heterocycles. The van der Waals surface area contributed by atoms with Gasteiger partial charge in [-0.15, -0.1) is 5.06 Å². The second kappa shape index (κ2) is 12.4. The van der Waals surface area contributed by atoms with Crippen LogP contribution in [0.3, 0.4) is 0 Å². The normalized spacial score (nSPS) is 29.6. The van der Waals surface area contributed by atoms with Gasteiger partial charge in [-0.05, 0) is 26.7 Å². The van der Waals surface area contributed by atoms with E-state index in [1.54, 1.807) is 0 Å². The van der Waals surface area contributed by atoms with Gasteiger partial charge in [0.05, 0.1) is 6.04 Å². The third kappa shape index (κ3) is 7.67. The molecule has 2 aliphatic heterocycles. The van der Waals surface area contributed by atoms with Gasteiger partial charge in [-0.3, -0.25) is 19.2 Å². The molecule has 6 atom stereocenters. The lowest BCUT2D eigenvalue weighted by Gasteiger charge is -2.48. The predicted molar refractivity (Wildman–Crippen MR) is 117 cm³/mol. The van der Waals surface area contributed by atoms with Gasteiger partial charge in [0.15, 0.2) is 6.29 Å². The minimum atomic E-state index is -1.86. The zero-order valence-electron chi connectivity index (χ0n) is 20.0. The average Bonchev–Trinajstić information content (AvgIpc) is 3.08. The molecule has 4 amide bonds. The van der Waals surface area contributed by atoms with Crippen molar-refractivity contribution in [1.82, 2.24) is 15.7 Å². The monoisotopic (exact) mass is 502 g/mol. The number of aliphatic hydroxyl groups is 2. The number of carbonyl (C=O) groups is 5. The molecule has 0 radical (unpaired) electrons. The lowest BCUT2D eigenvalue weighted by atomic mass is 9.83. The first-order chi connectivity index (χ1) is 16.3. The van der Waals surface area contributed by atoms with Gasteiger partial charge in [-0.25, -0.2) is 4.79 Å². The number of unbranched alkanes of at least 4 members (excludes halogenated alkanes) is 1. The van der Waals surface area contributed by atoms with E-state index in [0.29, 0.717) is 17.9 Å². The second-order valence-electron chi connectivity index (χ2n) is 8.80. The Morgan fingerprint density at radius 3 is 2.46 bits per heavy atom. The number of nitrogens with zero attached hydrogens (tertiary/aromatic N) is 1. The van der Waals surface area contributed by atoms with E-state index in [0.717, 1.165) is 0 Å². The van der Waals surface area contributed by atoms with Crippen LogP contribution in [-0.2, 0) is 38.3 Å². The summed E-state index contributed by atoms with van der Waals surface area (Å²) in [7, 11) is 0. The van der Waals surface area contributed by atoms with E-state index >= 15 is 0 Å². The van der Waals surface area contributed by atoms with E-state index in [1.165, 1.54) is 20.8 Å². The summed E-state index contributed by atoms with van der Waals surface area (Å²) in [6.07, 6.45) is -3.16. The molecular formula is C21H34N4O10. The second-order valence-corrected chi connectivity index (χ2v) is 8.80. The molecule has 0 aromatic rings. The molecule has 14 nitrogen and oxygen atoms in total. The number of nitrogens with one attached hydrogen (secondary N) is 2. The molecule has 0 bridgehead atoms. The summed E-state index contributed by atoms with van der Waals surface area (Å²) in [5.74, 6) is -2.84. The number of amides is 4. The molecule has 35 heavy (non-hydrogen) atoms. The van der Waals surface area contributed by atoms with Crippen molar-refractivity contribution < 1.29 is 48.5 Å². The number of aliphatic hydroxyl groups excluding tert-OH is 1. The average molecular weight is 503 g/mol. The van der Waals surface area contributed by atoms with Crippen molar-refractivity contribution in [1.29, 1.82) is 0 Å². The van der Waals surface area contributed by atoms with Crippen molar-refractivity contribution in [2.75, 3.05) is 13.2 Å². The first kappa shape index (κ1) is 28.6. The third-order valence-corrected chi connectivity index (χ3v) is 5.67. The van der Waals surface area contributed by atoms with Gasteiger partial charge in [-0.2, -0.15) is 0 Å². The van der Waals surface area contributed by atoms with Crippen LogP contribution in [0.5, 0.6) is 0 Å². The van der Waals surface area contributed by atoms with Crippen molar-refractivity contribution >= 4 is 29.6 Å². The maximum Gasteiger partial charge on any atom is 0.333 e. The number of imide groups is 1. The summed E-state index contributed by atoms with van der Waals surface area (Å²) >= 11 is 0. The lowest BCUT2D eigenvalue weighted by Crippen LogP contribution is -2.71. The highest BCUT2D eigenvalue weighted by molar-refractivity contribution is 6.01. The van der Waals surface area contributed by atoms with Crippen LogP contribution in [0.25, 0.3) is 0 Å². The van der Waals surface area contributed by atoms with Crippen LogP contribution in [0.4, 0.5) is 0 Å². The van der Waals surface area contributed by atoms with Crippen molar-refractivity contribution in [2.45, 2.75) is 89.1 Å². The summed E-state index contributed by atoms with van der Waals surface area (Å²) < 4.78 is 11.4. The fraction of sp³-hybridized carbons (Fsp3) is 0.762. The molecule has 2 saturated heterocycles. The molecule has 6 N–H and O–H groups in total. The smallest absolute Gasteiger partial charge is 0.333 e. The van der Waals surface area contributed by atoms with Crippen molar-refractivity contribution in [3.63, 3.8) is 0 Å². The lowest BCUT2D eigenvalue weighted by molar-refractivity contribution is -0.289. The van der Waals surface area contributed by atoms with Crippen LogP contribution in [0.2, 0.25) is 0 Å². The van der Waals surface area contributed by atoms with E-state index in [2.05, 4.69) is 10.6 Å². The maximum absolute atomic E-state index is 11.9. The number of rotatable bonds is 11. The van der Waals surface area contributed by atoms with Crippen LogP contribution < -0.4 is 16.4 Å². The molecule has 0 aliphatic carbocycles. The Hall–Kier alpha value is -2.65. The Kier molecular flexibility index (Phi) is 10.1. The van der Waals surface area contributed by atoms with Crippen LogP contribution in [0.15, 0.2) is 0 Å². The standard InChI is InChI=1S/C21H34N4O10/c1-11(22)19(31)23-10-13-18(30)21(3,32)17(24-12(2)26)20(34-13)33-9-5-4-6-16(29)35-25-14(27)7-8-15(25)28/h11,13,17-18,20,30,32H,4-10,22H2,1-3H3,(H,23,31)(H,24,26). The predicted octanol–water partition coefficient (Wildman–Crippen LogP) is -2.41. The highest BCUT2D eigenvalue weighted by Gasteiger charge is 2.53. The Morgan fingerprint density at radius 1 is 1.26 bits per heavy atom. The zero-order chi connectivity index (χ0) is 26.3. The van der Waals surface area contributed by atoms with E-state index in [9.17, 15) is 34.2 Å². The first-order valence-electron chi connectivity index (χ1n) is 11.4. The third-order valence-electron chi connectivity index (χ3n) is 5.67. The molecule has 6 unspecified atom stereocenters. The summed E-state index contributed by atoms with van der Waals surface area (Å²) in [5, 5.41) is 27.1. The van der Waals surface area contributed by atoms with Crippen molar-refractivity contribution in [3.05, 3.63) is 0 Å². The quantitative estimate of drug-likeness (QED) is 0.148. The van der Waals surface area contributed by atoms with E-state index < -0.39 is 65.8 Å². The summed E-state index contributed by atoms with van der Waals surface area (Å²) in [6, 6.07) is -1.92. The van der Waals surface area contributed by atoms with Crippen LogP contribution in [0.1, 0.15) is 52.9 Å². The SMILES string of the molecule is CC(=O)NC1C(OCCCCC(=O)ON2C(=O)CCC2=O)OC(CNC(=O)C(C)N)C(O)C1(C)O. The molecule has 0 saturated carbocycles. The summed E-state index contributed by atoms with van der Waals surface area (Å²) in [4.78, 5) is 63.1. The van der Waals surface area contributed by atoms with Gasteiger partial charge < -0.3 is 40.9 Å². The number of nitrogens with two attached hydrogens (primary N) is 1. The minimum Gasteiger partial charge on any atom is -0.387 e. The summed E-state index contributed by atoms with van der Waals surface area (Å²) in [6.45, 7) is 3.91. The molecule has 2 fully saturated rings. The van der Waals surface area contributed by atoms with E-state index in [4.69, 9.17) is 20.0 Å². The number of carbonyl (C=O) groups excluding carboxylic acids is 5. The van der Waals surface area contributed by atoms with Crippen LogP contribution >= 0.6 is 0 Å². The van der Waals surface area contributed by atoms with Gasteiger partial charge in [0.25, 0.3) is 11.8 Å². The number of ether oxygens (including phenoxy) is 2. The number of hydrogen-bond acceptors (Lipinski definition) is 11. The van der Waals surface area contributed by atoms with E-state index in [1.807, 2.05) is 0 Å². The molecule has 2 aliphatic rings. The van der Waals surface area contributed by atoms with Gasteiger partial charge in [-0.1, -0.05) is 0 Å². The molecule has 14 heteroatoms. The summed E-state index contributed by atoms with van der Waals surface area (Å²) in [5.41, 5.74) is 3.65. The molecule has 0 aromatic heterocycles. The Balaban J connectivity index is 1.90. The molecule has 2 rings (SSSR count). The van der Waals surface area contributed by atoms with Crippen LogP contribution in [0, 0.1) is 0 Å². The largest absolute Gasteiger partial charge is 0.387 e. The Bertz CT molecular complexity index is 802. The highest BCUT2D eigenvalue weighted by Crippen LogP contribution is 2.30. The molecule has 0 aromatic carbocycles. The first-order valence-corrected chi connectivity index (χ1v) is 11.4. The van der Waals surface area contributed by atoms with Gasteiger partial charge in [0, 0.05) is 39.3 Å². The topological polar surface area (TPSA) is 207 Å². The molecule has 198 valence electrons. The van der Waals surface area contributed by atoms with Gasteiger partial charge >= 0.3 is 5.97 Å². The minimum absolute atomic E-state index is 0.00516. The van der Waals surface area contributed by atoms with Crippen molar-refractivity contribution in [3.8, 4) is 0 Å². The van der Waals surface area contributed by atoms with Crippen LogP contribution in [-0.4, -0.2) is 94.2 Å². The Morgan fingerprint density at radius 2 is 1.89 bits per heavy atom. The van der Waals surface area contributed by atoms with Gasteiger partial charge in [0.2, 0.25) is 11.8 Å². The highest BCUT2D eigenvalue weighted by atomic mass is 16.7. The number of hydrogen-bond donors (Lipinski definition) is 5. The number of hydroxylamine groups is 2. The zero-order valence-corrected chi connectivity index (χ0v) is 20.0. The van der Waals surface area contributed by atoms with Gasteiger partial charge in [0.1, 0.15) is 23.9 Å². The fourth-order valence-corrected chi connectivity index (χ4v) is 3.63.